The van der Waals surface area contributed by atoms with Gasteiger partial charge in [0.05, 0.1) is 16.8 Å². The van der Waals surface area contributed by atoms with Gasteiger partial charge in [-0.15, -0.1) is 0 Å². The lowest BCUT2D eigenvalue weighted by molar-refractivity contribution is -0.385. The van der Waals surface area contributed by atoms with Crippen molar-refractivity contribution in [3.05, 3.63) is 61.5 Å². The minimum atomic E-state index is -0.519. The highest BCUT2D eigenvalue weighted by Crippen LogP contribution is 2.20. The zero-order valence-electron chi connectivity index (χ0n) is 9.59. The SMILES string of the molecule is O=c1[nH]ncc(NCc2ccccc2[N+](=O)[O-])c1Cl. The summed E-state index contributed by atoms with van der Waals surface area (Å²) in [5.74, 6) is 0. The molecule has 0 spiro atoms. The first-order chi connectivity index (χ1) is 9.09. The summed E-state index contributed by atoms with van der Waals surface area (Å²) in [5.41, 5.74) is 0.297. The van der Waals surface area contributed by atoms with Gasteiger partial charge >= 0.3 is 0 Å². The summed E-state index contributed by atoms with van der Waals surface area (Å²) >= 11 is 5.78. The lowest BCUT2D eigenvalue weighted by Gasteiger charge is -2.07. The Morgan fingerprint density at radius 3 is 2.89 bits per heavy atom. The molecule has 0 unspecified atom stereocenters. The molecule has 8 heteroatoms. The van der Waals surface area contributed by atoms with Gasteiger partial charge in [-0.2, -0.15) is 5.10 Å². The van der Waals surface area contributed by atoms with Crippen LogP contribution in [-0.4, -0.2) is 15.1 Å². The quantitative estimate of drug-likeness (QED) is 0.658. The fourth-order valence-electron chi connectivity index (χ4n) is 1.54. The summed E-state index contributed by atoms with van der Waals surface area (Å²) < 4.78 is 0. The monoisotopic (exact) mass is 280 g/mol. The van der Waals surface area contributed by atoms with Gasteiger partial charge in [-0.3, -0.25) is 14.9 Å². The fourth-order valence-corrected chi connectivity index (χ4v) is 1.69. The van der Waals surface area contributed by atoms with E-state index in [1.54, 1.807) is 18.2 Å². The van der Waals surface area contributed by atoms with Crippen LogP contribution in [0.3, 0.4) is 0 Å². The van der Waals surface area contributed by atoms with E-state index in [1.807, 2.05) is 0 Å². The van der Waals surface area contributed by atoms with E-state index >= 15 is 0 Å². The Bertz CT molecular complexity index is 671. The third-order valence-electron chi connectivity index (χ3n) is 2.45. The molecule has 2 N–H and O–H groups in total. The fraction of sp³-hybridized carbons (Fsp3) is 0.0909. The average Bonchev–Trinajstić information content (AvgIpc) is 2.40. The lowest BCUT2D eigenvalue weighted by Crippen LogP contribution is -2.12. The highest BCUT2D eigenvalue weighted by Gasteiger charge is 2.12. The normalized spacial score (nSPS) is 10.2. The van der Waals surface area contributed by atoms with E-state index in [1.165, 1.54) is 12.3 Å². The molecule has 0 atom stereocenters. The van der Waals surface area contributed by atoms with Gasteiger partial charge in [0.2, 0.25) is 0 Å². The number of nitro benzene ring substituents is 1. The third-order valence-corrected chi connectivity index (χ3v) is 2.83. The number of H-pyrrole nitrogens is 1. The molecule has 1 aromatic heterocycles. The molecule has 98 valence electrons. The molecule has 0 aliphatic carbocycles. The number of nitrogens with one attached hydrogen (secondary N) is 2. The van der Waals surface area contributed by atoms with E-state index in [0.717, 1.165) is 0 Å². The Balaban J connectivity index is 2.22. The topological polar surface area (TPSA) is 101 Å². The zero-order valence-corrected chi connectivity index (χ0v) is 10.3. The largest absolute Gasteiger partial charge is 0.378 e. The number of halogens is 1. The predicted molar refractivity (Wildman–Crippen MR) is 70.3 cm³/mol. The number of nitrogens with zero attached hydrogens (tertiary/aromatic N) is 2. The van der Waals surface area contributed by atoms with Crippen molar-refractivity contribution in [1.29, 1.82) is 0 Å². The Hall–Kier alpha value is -2.41. The number of hydrogen-bond donors (Lipinski definition) is 2. The smallest absolute Gasteiger partial charge is 0.285 e. The molecule has 7 nitrogen and oxygen atoms in total. The summed E-state index contributed by atoms with van der Waals surface area (Å²) in [5, 5.41) is 19.4. The Morgan fingerprint density at radius 1 is 1.42 bits per heavy atom. The van der Waals surface area contributed by atoms with Crippen LogP contribution in [0, 0.1) is 10.1 Å². The number of para-hydroxylation sites is 1. The van der Waals surface area contributed by atoms with Gasteiger partial charge in [-0.25, -0.2) is 5.10 Å². The third kappa shape index (κ3) is 2.89. The van der Waals surface area contributed by atoms with Crippen LogP contribution < -0.4 is 10.9 Å². The molecule has 1 heterocycles. The maximum atomic E-state index is 11.2. The van der Waals surface area contributed by atoms with Gasteiger partial charge in [0.25, 0.3) is 11.2 Å². The standard InChI is InChI=1S/C11H9ClN4O3/c12-10-8(6-14-15-11(10)17)13-5-7-3-1-2-4-9(7)16(18)19/h1-4,6H,5H2,(H2,13,15,17). The number of rotatable bonds is 4. The van der Waals surface area contributed by atoms with Crippen LogP contribution in [0.4, 0.5) is 11.4 Å². The maximum absolute atomic E-state index is 11.2. The number of aromatic nitrogens is 2. The van der Waals surface area contributed by atoms with Crippen molar-refractivity contribution in [3.63, 3.8) is 0 Å². The van der Waals surface area contributed by atoms with E-state index in [4.69, 9.17) is 11.6 Å². The van der Waals surface area contributed by atoms with Crippen LogP contribution in [0.2, 0.25) is 5.02 Å². The van der Waals surface area contributed by atoms with Gasteiger partial charge in [0.15, 0.2) is 0 Å². The first-order valence-corrected chi connectivity index (χ1v) is 5.66. The van der Waals surface area contributed by atoms with Crippen LogP contribution in [0.5, 0.6) is 0 Å². The highest BCUT2D eigenvalue weighted by atomic mass is 35.5. The molecule has 0 saturated carbocycles. The second-order valence-electron chi connectivity index (χ2n) is 3.67. The van der Waals surface area contributed by atoms with Crippen molar-refractivity contribution in [2.45, 2.75) is 6.54 Å². The van der Waals surface area contributed by atoms with E-state index in [-0.39, 0.29) is 17.3 Å². The van der Waals surface area contributed by atoms with Gasteiger partial charge in [-0.05, 0) is 0 Å². The lowest BCUT2D eigenvalue weighted by atomic mass is 10.2. The number of anilines is 1. The second-order valence-corrected chi connectivity index (χ2v) is 4.04. The summed E-state index contributed by atoms with van der Waals surface area (Å²) in [7, 11) is 0. The minimum Gasteiger partial charge on any atom is -0.378 e. The predicted octanol–water partition coefficient (Wildman–Crippen LogP) is 1.94. The number of benzene rings is 1. The molecule has 0 aliphatic rings. The number of nitro groups is 1. The Kier molecular flexibility index (Phi) is 3.76. The molecule has 0 aliphatic heterocycles. The Labute approximate surface area is 112 Å². The first-order valence-electron chi connectivity index (χ1n) is 5.29. The minimum absolute atomic E-state index is 0.00363. The molecule has 2 rings (SSSR count). The molecule has 0 radical (unpaired) electrons. The zero-order chi connectivity index (χ0) is 13.8. The van der Waals surface area contributed by atoms with Gasteiger partial charge < -0.3 is 5.32 Å². The van der Waals surface area contributed by atoms with Crippen LogP contribution >= 0.6 is 11.6 Å². The molecule has 0 fully saturated rings. The van der Waals surface area contributed by atoms with Crippen molar-refractivity contribution < 1.29 is 4.92 Å². The molecular formula is C11H9ClN4O3. The van der Waals surface area contributed by atoms with Crippen LogP contribution in [0.25, 0.3) is 0 Å². The van der Waals surface area contributed by atoms with Crippen molar-refractivity contribution in [2.75, 3.05) is 5.32 Å². The van der Waals surface area contributed by atoms with Crippen LogP contribution in [0.15, 0.2) is 35.3 Å². The van der Waals surface area contributed by atoms with Crippen molar-refractivity contribution in [2.24, 2.45) is 0 Å². The average molecular weight is 281 g/mol. The molecular weight excluding hydrogens is 272 g/mol. The molecule has 2 aromatic rings. The van der Waals surface area contributed by atoms with Crippen molar-refractivity contribution >= 4 is 23.0 Å². The van der Waals surface area contributed by atoms with Gasteiger partial charge in [0, 0.05) is 18.2 Å². The Morgan fingerprint density at radius 2 is 2.16 bits per heavy atom. The van der Waals surface area contributed by atoms with Crippen LogP contribution in [-0.2, 0) is 6.54 Å². The number of aromatic amines is 1. The van der Waals surface area contributed by atoms with E-state index in [2.05, 4.69) is 15.5 Å². The van der Waals surface area contributed by atoms with Crippen molar-refractivity contribution in [3.8, 4) is 0 Å². The van der Waals surface area contributed by atoms with E-state index in [9.17, 15) is 14.9 Å². The number of hydrogen-bond acceptors (Lipinski definition) is 5. The van der Waals surface area contributed by atoms with Gasteiger partial charge in [0.1, 0.15) is 5.02 Å². The van der Waals surface area contributed by atoms with Crippen molar-refractivity contribution in [1.82, 2.24) is 10.2 Å². The van der Waals surface area contributed by atoms with Gasteiger partial charge in [-0.1, -0.05) is 29.8 Å². The molecule has 0 bridgehead atoms. The molecule has 0 amide bonds. The molecule has 1 aromatic carbocycles. The van der Waals surface area contributed by atoms with E-state index < -0.39 is 10.5 Å². The molecule has 19 heavy (non-hydrogen) atoms. The summed E-state index contributed by atoms with van der Waals surface area (Å²) in [6.45, 7) is 0.169. The summed E-state index contributed by atoms with van der Waals surface area (Å²) in [6.07, 6.45) is 1.35. The maximum Gasteiger partial charge on any atom is 0.285 e. The van der Waals surface area contributed by atoms with E-state index in [0.29, 0.717) is 11.3 Å². The summed E-state index contributed by atoms with van der Waals surface area (Å²) in [6, 6.07) is 6.32. The summed E-state index contributed by atoms with van der Waals surface area (Å²) in [4.78, 5) is 21.6. The highest BCUT2D eigenvalue weighted by molar-refractivity contribution is 6.32. The first kappa shape index (κ1) is 13.0. The van der Waals surface area contributed by atoms with Crippen LogP contribution in [0.1, 0.15) is 5.56 Å². The molecule has 0 saturated heterocycles. The second kappa shape index (κ2) is 5.49.